The Morgan fingerprint density at radius 1 is 0.468 bits per heavy atom. The lowest BCUT2D eigenvalue weighted by Crippen LogP contribution is -3.07. The maximum Gasteiger partial charge on any atom is 0.458 e. The lowest BCUT2D eigenvalue weighted by atomic mass is 9.17. The molecule has 368 valence electrons. The number of nitrogens with one attached hydrogen (secondary N) is 1. The van der Waals surface area contributed by atoms with Crippen molar-refractivity contribution in [2.45, 2.75) is 278 Å². The third kappa shape index (κ3) is 26.0. The number of benzene rings is 1. The van der Waals surface area contributed by atoms with Crippen LogP contribution in [0.15, 0.2) is 6.07 Å². The summed E-state index contributed by atoms with van der Waals surface area (Å²) >= 11 is 0. The first-order valence-electron chi connectivity index (χ1n) is 26.3. The van der Waals surface area contributed by atoms with Crippen molar-refractivity contribution in [2.24, 2.45) is 5.92 Å². The Morgan fingerprint density at radius 3 is 1.08 bits per heavy atom. The summed E-state index contributed by atoms with van der Waals surface area (Å²) in [4.78, 5) is 0.163. The van der Waals surface area contributed by atoms with Crippen LogP contribution in [0.3, 0.4) is 0 Å². The second kappa shape index (κ2) is 36.9. The number of alkyl halides is 5. The van der Waals surface area contributed by atoms with Crippen LogP contribution < -0.4 is 4.90 Å². The van der Waals surface area contributed by atoms with Gasteiger partial charge in [-0.2, -0.15) is 51.6 Å². The number of rotatable bonds is 39. The molecule has 0 aliphatic heterocycles. The first-order chi connectivity index (χ1) is 29.6. The van der Waals surface area contributed by atoms with Crippen LogP contribution in [0.5, 0.6) is 0 Å². The molecule has 0 aromatic heterocycles. The Hall–Kier alpha value is -1.32. The maximum atomic E-state index is 14.4. The number of quaternary nitrogens is 1. The summed E-state index contributed by atoms with van der Waals surface area (Å²) in [5.41, 5.74) is -3.33. The van der Waals surface area contributed by atoms with Crippen LogP contribution in [0.1, 0.15) is 247 Å². The molecule has 2 atom stereocenters. The van der Waals surface area contributed by atoms with Crippen molar-refractivity contribution in [3.63, 3.8) is 0 Å². The fourth-order valence-electron chi connectivity index (χ4n) is 9.74. The van der Waals surface area contributed by atoms with Crippen molar-refractivity contribution in [1.29, 1.82) is 0 Å². The van der Waals surface area contributed by atoms with Gasteiger partial charge in [0.2, 0.25) is 0 Å². The second-order valence-electron chi connectivity index (χ2n) is 19.4. The summed E-state index contributed by atoms with van der Waals surface area (Å²) < 4.78 is 106. The van der Waals surface area contributed by atoms with E-state index in [2.05, 4.69) is 27.7 Å². The minimum Gasteiger partial charge on any atom is -0.300 e. The number of unbranched alkanes of at least 4 members (excludes halogenated alkanes) is 24. The van der Waals surface area contributed by atoms with Gasteiger partial charge < -0.3 is 0 Å². The Labute approximate surface area is 377 Å². The van der Waals surface area contributed by atoms with Crippen LogP contribution in [0.25, 0.3) is 0 Å². The molecule has 0 saturated carbocycles. The molecule has 1 aromatic rings. The summed E-state index contributed by atoms with van der Waals surface area (Å²) in [5, 5.41) is 0. The highest BCUT2D eigenvalue weighted by molar-refractivity contribution is 6.79. The van der Waals surface area contributed by atoms with Crippen LogP contribution in [0.2, 0.25) is 25.3 Å². The first kappa shape index (κ1) is 60.7. The van der Waals surface area contributed by atoms with Crippen LogP contribution in [0, 0.1) is 23.4 Å². The maximum absolute atomic E-state index is 14.4. The van der Waals surface area contributed by atoms with Gasteiger partial charge in [-0.15, -0.1) is 0 Å². The average molecular weight is 898 g/mol. The van der Waals surface area contributed by atoms with Crippen LogP contribution in [-0.4, -0.2) is 25.4 Å². The predicted octanol–water partition coefficient (Wildman–Crippen LogP) is 19.2. The Bertz CT molecular complexity index is 1110. The van der Waals surface area contributed by atoms with E-state index in [9.17, 15) is 35.1 Å². The van der Waals surface area contributed by atoms with E-state index in [1.165, 1.54) is 187 Å². The van der Waals surface area contributed by atoms with Crippen molar-refractivity contribution in [3.8, 4) is 0 Å². The summed E-state index contributed by atoms with van der Waals surface area (Å²) in [6.45, 7) is 14.9. The molecule has 62 heavy (non-hydrogen) atoms. The minimum atomic E-state index is -6.25. The Morgan fingerprint density at radius 2 is 0.790 bits per heavy atom. The molecule has 0 spiro atoms. The van der Waals surface area contributed by atoms with Crippen LogP contribution in [-0.2, 0) is 5.92 Å². The van der Waals surface area contributed by atoms with Gasteiger partial charge in [0, 0.05) is 18.1 Å². The molecule has 0 radical (unpaired) electrons. The molecule has 0 fully saturated rings. The Balaban J connectivity index is 0.00000129. The third-order valence-corrected chi connectivity index (χ3v) is 13.7. The molecule has 1 N–H and O–H groups in total. The molecule has 2 unspecified atom stereocenters. The van der Waals surface area contributed by atoms with E-state index in [-0.39, 0.29) is 30.1 Å². The van der Waals surface area contributed by atoms with Crippen LogP contribution in [0.4, 0.5) is 40.8 Å². The average Bonchev–Trinajstić information content (AvgIpc) is 3.22. The van der Waals surface area contributed by atoms with Gasteiger partial charge in [0.25, 0.3) is 0 Å². The molecule has 1 aromatic carbocycles. The molecule has 1 nitrogen and oxygen atoms in total. The molecule has 1 rings (SSSR count). The zero-order valence-electron chi connectivity index (χ0n) is 41.2. The summed E-state index contributed by atoms with van der Waals surface area (Å²) in [5.74, 6) is -12.4. The standard InChI is InChI=1S/C36H76B.C16H19F8N/c1-5-9-13-17-21-25-29-33-37(34-30-26-22-18-14-10-6-2,35-31-27-23-19-15-11-7-3)36-32-28-24-20-16-12-8-4;1-4-6-9(3)8-25(5-2)11-7-10(17)13(18)12(14(11)19)15(20,21)16(22,23)24/h5-36H2,1-4H3;7,9H,4-6,8H2,1-3H3/q-1;/p+1. The highest BCUT2D eigenvalue weighted by Gasteiger charge is 2.62. The summed E-state index contributed by atoms with van der Waals surface area (Å²) in [7, 11) is 0. The SMILES string of the molecule is CCCC(C)C[NH+](CC)c1cc(F)c(F)c(C(F)(F)C(F)(F)F)c1F.CCCCCCCCC[B-](CCCCCCCCC)(CCCCCCCCC)CCCCCCCCC. The van der Waals surface area contributed by atoms with Gasteiger partial charge in [0.15, 0.2) is 23.1 Å². The van der Waals surface area contributed by atoms with Gasteiger partial charge in [-0.1, -0.05) is 228 Å². The normalized spacial score (nSPS) is 13.3. The highest BCUT2D eigenvalue weighted by Crippen LogP contribution is 2.47. The summed E-state index contributed by atoms with van der Waals surface area (Å²) in [6, 6.07) is 0.345. The van der Waals surface area contributed by atoms with E-state index >= 15 is 0 Å². The van der Waals surface area contributed by atoms with Crippen LogP contribution >= 0.6 is 0 Å². The number of hydrogen-bond acceptors (Lipinski definition) is 0. The van der Waals surface area contributed by atoms with E-state index in [0.717, 1.165) is 6.42 Å². The van der Waals surface area contributed by atoms with Gasteiger partial charge >= 0.3 is 12.1 Å². The molecule has 0 bridgehead atoms. The van der Waals surface area contributed by atoms with E-state index in [1.807, 2.05) is 6.92 Å². The minimum absolute atomic E-state index is 0.0148. The molecule has 0 aliphatic carbocycles. The number of halogens is 8. The van der Waals surface area contributed by atoms with Crippen molar-refractivity contribution in [1.82, 2.24) is 0 Å². The zero-order chi connectivity index (χ0) is 46.7. The molecular formula is C52H96BF8N. The van der Waals surface area contributed by atoms with Crippen molar-refractivity contribution in [3.05, 3.63) is 29.1 Å². The lowest BCUT2D eigenvalue weighted by molar-refractivity contribution is -0.835. The topological polar surface area (TPSA) is 4.44 Å². The van der Waals surface area contributed by atoms with E-state index in [4.69, 9.17) is 0 Å². The lowest BCUT2D eigenvalue weighted by Gasteiger charge is -2.41. The molecule has 10 heteroatoms. The van der Waals surface area contributed by atoms with Gasteiger partial charge in [0.05, 0.1) is 13.1 Å². The second-order valence-corrected chi connectivity index (χ2v) is 19.4. The van der Waals surface area contributed by atoms with Crippen molar-refractivity contribution < 1.29 is 40.0 Å². The van der Waals surface area contributed by atoms with E-state index in [0.29, 0.717) is 12.5 Å². The van der Waals surface area contributed by atoms with Gasteiger partial charge in [-0.25, -0.2) is 8.78 Å². The van der Waals surface area contributed by atoms with Gasteiger partial charge in [0.1, 0.15) is 5.56 Å². The van der Waals surface area contributed by atoms with E-state index in [1.54, 1.807) is 32.2 Å². The molecule has 0 heterocycles. The zero-order valence-corrected chi connectivity index (χ0v) is 41.2. The third-order valence-electron chi connectivity index (χ3n) is 13.7. The predicted molar refractivity (Wildman–Crippen MR) is 253 cm³/mol. The smallest absolute Gasteiger partial charge is 0.300 e. The fourth-order valence-corrected chi connectivity index (χ4v) is 9.74. The number of hydrogen-bond donors (Lipinski definition) is 1. The Kier molecular flexibility index (Phi) is 36.1. The monoisotopic (exact) mass is 898 g/mol. The van der Waals surface area contributed by atoms with Crippen molar-refractivity contribution in [2.75, 3.05) is 13.1 Å². The summed E-state index contributed by atoms with van der Waals surface area (Å²) in [6.07, 6.45) is 42.9. The van der Waals surface area contributed by atoms with E-state index < -0.39 is 40.8 Å². The highest BCUT2D eigenvalue weighted by atomic mass is 19.4. The quantitative estimate of drug-likeness (QED) is 0.0291. The molecule has 0 aliphatic rings. The fraction of sp³-hybridized carbons (Fsp3) is 0.885. The molecule has 0 saturated heterocycles. The molecular weight excluding hydrogens is 801 g/mol. The molecule has 0 amide bonds. The van der Waals surface area contributed by atoms with Gasteiger partial charge in [-0.05, 0) is 13.3 Å². The van der Waals surface area contributed by atoms with Gasteiger partial charge in [-0.3, -0.25) is 4.90 Å². The first-order valence-corrected chi connectivity index (χ1v) is 26.3. The van der Waals surface area contributed by atoms with Crippen molar-refractivity contribution >= 4 is 11.8 Å². The largest absolute Gasteiger partial charge is 0.458 e.